The van der Waals surface area contributed by atoms with Crippen molar-refractivity contribution in [3.63, 3.8) is 0 Å². The van der Waals surface area contributed by atoms with Crippen molar-refractivity contribution in [2.75, 3.05) is 0 Å². The number of hydrazine groups is 1. The molecule has 2 aromatic rings. The predicted molar refractivity (Wildman–Crippen MR) is 71.7 cm³/mol. The van der Waals surface area contributed by atoms with Gasteiger partial charge in [-0.05, 0) is 42.3 Å². The molecule has 2 aromatic carbocycles. The molecule has 6 heteroatoms. The van der Waals surface area contributed by atoms with Crippen LogP contribution in [0.2, 0.25) is 5.02 Å². The van der Waals surface area contributed by atoms with Crippen molar-refractivity contribution < 1.29 is 13.2 Å². The zero-order valence-electron chi connectivity index (χ0n) is 10.6. The lowest BCUT2D eigenvalue weighted by Crippen LogP contribution is -2.30. The molecule has 2 rings (SSSR count). The highest BCUT2D eigenvalue weighted by Gasteiger charge is 2.20. The quantitative estimate of drug-likeness (QED) is 0.516. The third-order valence-corrected chi connectivity index (χ3v) is 3.35. The first-order valence-electron chi connectivity index (χ1n) is 5.80. The molecule has 0 radical (unpaired) electrons. The molecule has 0 spiro atoms. The van der Waals surface area contributed by atoms with Gasteiger partial charge in [0.2, 0.25) is 0 Å². The molecule has 106 valence electrons. The highest BCUT2D eigenvalue weighted by molar-refractivity contribution is 6.30. The molecule has 0 saturated heterocycles. The Morgan fingerprint density at radius 3 is 2.35 bits per heavy atom. The van der Waals surface area contributed by atoms with E-state index >= 15 is 0 Å². The minimum Gasteiger partial charge on any atom is -0.271 e. The van der Waals surface area contributed by atoms with Crippen LogP contribution in [0.25, 0.3) is 0 Å². The largest absolute Gasteiger partial charge is 0.271 e. The molecule has 0 fully saturated rings. The molecule has 2 nitrogen and oxygen atoms in total. The Labute approximate surface area is 119 Å². The maximum Gasteiger partial charge on any atom is 0.142 e. The van der Waals surface area contributed by atoms with Crippen molar-refractivity contribution in [3.8, 4) is 0 Å². The van der Waals surface area contributed by atoms with Crippen molar-refractivity contribution in [1.82, 2.24) is 5.43 Å². The molecule has 0 heterocycles. The number of hydrogen-bond acceptors (Lipinski definition) is 2. The summed E-state index contributed by atoms with van der Waals surface area (Å²) in [4.78, 5) is 0. The van der Waals surface area contributed by atoms with Gasteiger partial charge in [0.05, 0.1) is 11.1 Å². The standard InChI is InChI=1S/C14H12ClF3N2/c1-7-4-8(16)2-3-9(7)14(20-19)10-5-13(18)11(15)6-12(10)17/h2-6,14,20H,19H2,1H3. The van der Waals surface area contributed by atoms with E-state index in [1.807, 2.05) is 0 Å². The average molecular weight is 301 g/mol. The molecule has 0 aliphatic carbocycles. The third kappa shape index (κ3) is 2.80. The van der Waals surface area contributed by atoms with E-state index in [-0.39, 0.29) is 10.6 Å². The average Bonchev–Trinajstić information content (AvgIpc) is 2.38. The van der Waals surface area contributed by atoms with Gasteiger partial charge in [-0.3, -0.25) is 5.84 Å². The van der Waals surface area contributed by atoms with Gasteiger partial charge in [-0.1, -0.05) is 17.7 Å². The van der Waals surface area contributed by atoms with E-state index in [0.717, 1.165) is 12.1 Å². The normalized spacial score (nSPS) is 12.5. The molecular formula is C14H12ClF3N2. The molecule has 0 amide bonds. The number of halogens is 4. The summed E-state index contributed by atoms with van der Waals surface area (Å²) in [6.07, 6.45) is 0. The van der Waals surface area contributed by atoms with Crippen molar-refractivity contribution in [2.45, 2.75) is 13.0 Å². The summed E-state index contributed by atoms with van der Waals surface area (Å²) in [5.74, 6) is 3.58. The number of benzene rings is 2. The van der Waals surface area contributed by atoms with E-state index in [2.05, 4.69) is 5.43 Å². The summed E-state index contributed by atoms with van der Waals surface area (Å²) in [6.45, 7) is 1.66. The van der Waals surface area contributed by atoms with Crippen molar-refractivity contribution >= 4 is 11.6 Å². The first-order valence-corrected chi connectivity index (χ1v) is 6.18. The fourth-order valence-corrected chi connectivity index (χ4v) is 2.22. The Hall–Kier alpha value is -1.56. The Kier molecular flexibility index (Phi) is 4.32. The Bertz CT molecular complexity index is 647. The smallest absolute Gasteiger partial charge is 0.142 e. The SMILES string of the molecule is Cc1cc(F)ccc1C(NN)c1cc(F)c(Cl)cc1F. The lowest BCUT2D eigenvalue weighted by atomic mass is 9.95. The highest BCUT2D eigenvalue weighted by Crippen LogP contribution is 2.29. The molecule has 0 aliphatic rings. The van der Waals surface area contributed by atoms with Crippen LogP contribution in [0.5, 0.6) is 0 Å². The van der Waals surface area contributed by atoms with Crippen LogP contribution in [-0.2, 0) is 0 Å². The van der Waals surface area contributed by atoms with E-state index in [0.29, 0.717) is 11.1 Å². The minimum absolute atomic E-state index is 0.00380. The van der Waals surface area contributed by atoms with Gasteiger partial charge in [0, 0.05) is 5.56 Å². The van der Waals surface area contributed by atoms with Gasteiger partial charge in [0.15, 0.2) is 0 Å². The molecule has 0 aromatic heterocycles. The highest BCUT2D eigenvalue weighted by atomic mass is 35.5. The van der Waals surface area contributed by atoms with E-state index < -0.39 is 23.5 Å². The van der Waals surface area contributed by atoms with Crippen molar-refractivity contribution in [1.29, 1.82) is 0 Å². The Morgan fingerprint density at radius 1 is 1.05 bits per heavy atom. The lowest BCUT2D eigenvalue weighted by molar-refractivity contribution is 0.543. The molecule has 0 aliphatic heterocycles. The second kappa shape index (κ2) is 5.83. The van der Waals surface area contributed by atoms with E-state index in [1.165, 1.54) is 18.2 Å². The van der Waals surface area contributed by atoms with Gasteiger partial charge in [0.1, 0.15) is 17.5 Å². The molecule has 3 N–H and O–H groups in total. The lowest BCUT2D eigenvalue weighted by Gasteiger charge is -2.20. The van der Waals surface area contributed by atoms with Crippen LogP contribution >= 0.6 is 11.6 Å². The van der Waals surface area contributed by atoms with E-state index in [1.54, 1.807) is 6.92 Å². The van der Waals surface area contributed by atoms with Gasteiger partial charge < -0.3 is 0 Å². The number of aryl methyl sites for hydroxylation is 1. The second-order valence-electron chi connectivity index (χ2n) is 4.39. The fraction of sp³-hybridized carbons (Fsp3) is 0.143. The van der Waals surface area contributed by atoms with Gasteiger partial charge in [-0.15, -0.1) is 0 Å². The molecule has 0 saturated carbocycles. The summed E-state index contributed by atoms with van der Waals surface area (Å²) >= 11 is 5.52. The van der Waals surface area contributed by atoms with Crippen molar-refractivity contribution in [3.05, 3.63) is 69.5 Å². The molecule has 0 bridgehead atoms. The number of rotatable bonds is 3. The molecule has 20 heavy (non-hydrogen) atoms. The molecule has 1 atom stereocenters. The Balaban J connectivity index is 2.55. The molecular weight excluding hydrogens is 289 g/mol. The van der Waals surface area contributed by atoms with Crippen LogP contribution in [0.1, 0.15) is 22.7 Å². The number of nitrogens with two attached hydrogens (primary N) is 1. The first kappa shape index (κ1) is 14.8. The van der Waals surface area contributed by atoms with Crippen LogP contribution in [0, 0.1) is 24.4 Å². The van der Waals surface area contributed by atoms with Crippen LogP contribution < -0.4 is 11.3 Å². The predicted octanol–water partition coefficient (Wildman–Crippen LogP) is 3.62. The van der Waals surface area contributed by atoms with Gasteiger partial charge in [0.25, 0.3) is 0 Å². The maximum absolute atomic E-state index is 13.9. The van der Waals surface area contributed by atoms with E-state index in [9.17, 15) is 13.2 Å². The summed E-state index contributed by atoms with van der Waals surface area (Å²) in [6, 6.07) is 5.06. The topological polar surface area (TPSA) is 38.0 Å². The van der Waals surface area contributed by atoms with Crippen molar-refractivity contribution in [2.24, 2.45) is 5.84 Å². The zero-order valence-corrected chi connectivity index (χ0v) is 11.3. The van der Waals surface area contributed by atoms with E-state index in [4.69, 9.17) is 17.4 Å². The van der Waals surface area contributed by atoms with Crippen LogP contribution in [-0.4, -0.2) is 0 Å². The number of hydrogen-bond donors (Lipinski definition) is 2. The third-order valence-electron chi connectivity index (χ3n) is 3.06. The summed E-state index contributed by atoms with van der Waals surface area (Å²) in [5.41, 5.74) is 3.54. The van der Waals surface area contributed by atoms with Gasteiger partial charge >= 0.3 is 0 Å². The number of nitrogens with one attached hydrogen (secondary N) is 1. The summed E-state index contributed by atoms with van der Waals surface area (Å²) in [7, 11) is 0. The molecule has 1 unspecified atom stereocenters. The van der Waals surface area contributed by atoms with Crippen LogP contribution in [0.3, 0.4) is 0 Å². The monoisotopic (exact) mass is 300 g/mol. The van der Waals surface area contributed by atoms with Crippen LogP contribution in [0.4, 0.5) is 13.2 Å². The minimum atomic E-state index is -0.803. The summed E-state index contributed by atoms with van der Waals surface area (Å²) in [5, 5.41) is -0.308. The fourth-order valence-electron chi connectivity index (χ4n) is 2.07. The van der Waals surface area contributed by atoms with Gasteiger partial charge in [-0.2, -0.15) is 0 Å². The first-order chi connectivity index (χ1) is 9.43. The van der Waals surface area contributed by atoms with Gasteiger partial charge in [-0.25, -0.2) is 18.6 Å². The Morgan fingerprint density at radius 2 is 1.75 bits per heavy atom. The van der Waals surface area contributed by atoms with Crippen LogP contribution in [0.15, 0.2) is 30.3 Å². The summed E-state index contributed by atoms with van der Waals surface area (Å²) < 4.78 is 40.6. The second-order valence-corrected chi connectivity index (χ2v) is 4.80. The zero-order chi connectivity index (χ0) is 14.9. The maximum atomic E-state index is 13.9.